The van der Waals surface area contributed by atoms with Gasteiger partial charge in [0.2, 0.25) is 0 Å². The van der Waals surface area contributed by atoms with E-state index in [-0.39, 0.29) is 6.61 Å². The number of unbranched alkanes of at least 4 members (excludes halogenated alkanes) is 1. The number of rotatable bonds is 7. The van der Waals surface area contributed by atoms with E-state index >= 15 is 0 Å². The maximum absolute atomic E-state index is 8.97. The molecule has 0 amide bonds. The second-order valence-electron chi connectivity index (χ2n) is 3.62. The van der Waals surface area contributed by atoms with Gasteiger partial charge in [-0.05, 0) is 12.3 Å². The summed E-state index contributed by atoms with van der Waals surface area (Å²) >= 11 is 0. The summed E-state index contributed by atoms with van der Waals surface area (Å²) < 4.78 is 5.43. The van der Waals surface area contributed by atoms with Crippen molar-refractivity contribution < 1.29 is 9.84 Å². The second kappa shape index (κ2) is 7.56. The van der Waals surface area contributed by atoms with Crippen LogP contribution in [-0.2, 0) is 4.74 Å². The molecule has 0 bridgehead atoms. The fourth-order valence-corrected chi connectivity index (χ4v) is 0.937. The lowest BCUT2D eigenvalue weighted by molar-refractivity contribution is 0.0525. The Kier molecular flexibility index (Phi) is 7.51. The molecule has 0 aliphatic rings. The highest BCUT2D eigenvalue weighted by atomic mass is 16.5. The first-order valence-corrected chi connectivity index (χ1v) is 4.91. The van der Waals surface area contributed by atoms with E-state index in [1.807, 2.05) is 0 Å². The van der Waals surface area contributed by atoms with E-state index < -0.39 is 0 Å². The SMILES string of the molecule is CCCCOC[C@@H](CO)C(C)C. The Morgan fingerprint density at radius 3 is 2.42 bits per heavy atom. The Morgan fingerprint density at radius 1 is 1.33 bits per heavy atom. The minimum Gasteiger partial charge on any atom is -0.396 e. The molecular formula is C10H22O2. The van der Waals surface area contributed by atoms with Crippen LogP contribution in [0.3, 0.4) is 0 Å². The largest absolute Gasteiger partial charge is 0.396 e. The van der Waals surface area contributed by atoms with Gasteiger partial charge in [-0.1, -0.05) is 27.2 Å². The number of hydrogen-bond donors (Lipinski definition) is 1. The fraction of sp³-hybridized carbons (Fsp3) is 1.00. The first-order chi connectivity index (χ1) is 5.72. The molecule has 12 heavy (non-hydrogen) atoms. The van der Waals surface area contributed by atoms with Gasteiger partial charge in [0, 0.05) is 19.1 Å². The van der Waals surface area contributed by atoms with Gasteiger partial charge in [-0.2, -0.15) is 0 Å². The van der Waals surface area contributed by atoms with Crippen LogP contribution in [0.25, 0.3) is 0 Å². The highest BCUT2D eigenvalue weighted by Gasteiger charge is 2.11. The van der Waals surface area contributed by atoms with Crippen LogP contribution in [0.2, 0.25) is 0 Å². The summed E-state index contributed by atoms with van der Waals surface area (Å²) in [5, 5.41) is 8.97. The molecule has 0 saturated heterocycles. The van der Waals surface area contributed by atoms with Crippen LogP contribution < -0.4 is 0 Å². The molecule has 0 radical (unpaired) electrons. The predicted octanol–water partition coefficient (Wildman–Crippen LogP) is 2.07. The van der Waals surface area contributed by atoms with Crippen molar-refractivity contribution in [2.24, 2.45) is 11.8 Å². The van der Waals surface area contributed by atoms with Gasteiger partial charge in [0.1, 0.15) is 0 Å². The fourth-order valence-electron chi connectivity index (χ4n) is 0.937. The van der Waals surface area contributed by atoms with Crippen molar-refractivity contribution in [3.8, 4) is 0 Å². The number of aliphatic hydroxyl groups is 1. The van der Waals surface area contributed by atoms with Crippen molar-refractivity contribution in [2.75, 3.05) is 19.8 Å². The van der Waals surface area contributed by atoms with Gasteiger partial charge in [0.15, 0.2) is 0 Å². The quantitative estimate of drug-likeness (QED) is 0.599. The summed E-state index contributed by atoms with van der Waals surface area (Å²) in [7, 11) is 0. The monoisotopic (exact) mass is 174 g/mol. The van der Waals surface area contributed by atoms with Crippen LogP contribution in [0.4, 0.5) is 0 Å². The zero-order valence-electron chi connectivity index (χ0n) is 8.55. The van der Waals surface area contributed by atoms with Gasteiger partial charge in [-0.25, -0.2) is 0 Å². The van der Waals surface area contributed by atoms with Crippen molar-refractivity contribution >= 4 is 0 Å². The third kappa shape index (κ3) is 5.56. The summed E-state index contributed by atoms with van der Waals surface area (Å²) in [6.45, 7) is 8.15. The van der Waals surface area contributed by atoms with Crippen molar-refractivity contribution in [3.63, 3.8) is 0 Å². The topological polar surface area (TPSA) is 29.5 Å². The Labute approximate surface area is 75.9 Å². The first-order valence-electron chi connectivity index (χ1n) is 4.91. The molecule has 0 aromatic carbocycles. The molecule has 0 fully saturated rings. The normalized spacial score (nSPS) is 13.8. The summed E-state index contributed by atoms with van der Waals surface area (Å²) in [4.78, 5) is 0. The van der Waals surface area contributed by atoms with E-state index in [2.05, 4.69) is 20.8 Å². The van der Waals surface area contributed by atoms with Crippen LogP contribution in [0, 0.1) is 11.8 Å². The Morgan fingerprint density at radius 2 is 2.00 bits per heavy atom. The highest BCUT2D eigenvalue weighted by Crippen LogP contribution is 2.10. The summed E-state index contributed by atoms with van der Waals surface area (Å²) in [5.74, 6) is 0.818. The van der Waals surface area contributed by atoms with Crippen LogP contribution in [0.5, 0.6) is 0 Å². The molecule has 2 heteroatoms. The zero-order chi connectivity index (χ0) is 9.40. The minimum atomic E-state index is 0.240. The Balaban J connectivity index is 3.32. The van der Waals surface area contributed by atoms with Gasteiger partial charge in [0.25, 0.3) is 0 Å². The van der Waals surface area contributed by atoms with E-state index in [0.717, 1.165) is 13.0 Å². The van der Waals surface area contributed by atoms with E-state index in [4.69, 9.17) is 9.84 Å². The summed E-state index contributed by atoms with van der Waals surface area (Å²) in [6, 6.07) is 0. The molecule has 74 valence electrons. The van der Waals surface area contributed by atoms with Crippen LogP contribution >= 0.6 is 0 Å². The lowest BCUT2D eigenvalue weighted by Gasteiger charge is -2.17. The molecule has 0 aliphatic carbocycles. The van der Waals surface area contributed by atoms with E-state index in [0.29, 0.717) is 18.4 Å². The molecular weight excluding hydrogens is 152 g/mol. The van der Waals surface area contributed by atoms with E-state index in [1.54, 1.807) is 0 Å². The van der Waals surface area contributed by atoms with Crippen molar-refractivity contribution in [1.82, 2.24) is 0 Å². The number of ether oxygens (including phenoxy) is 1. The van der Waals surface area contributed by atoms with Crippen molar-refractivity contribution in [3.05, 3.63) is 0 Å². The zero-order valence-corrected chi connectivity index (χ0v) is 8.55. The van der Waals surface area contributed by atoms with Crippen LogP contribution in [0.1, 0.15) is 33.6 Å². The van der Waals surface area contributed by atoms with Gasteiger partial charge >= 0.3 is 0 Å². The van der Waals surface area contributed by atoms with Gasteiger partial charge < -0.3 is 9.84 Å². The lowest BCUT2D eigenvalue weighted by Crippen LogP contribution is -2.20. The molecule has 0 spiro atoms. The smallest absolute Gasteiger partial charge is 0.0518 e. The standard InChI is InChI=1S/C10H22O2/c1-4-5-6-12-8-10(7-11)9(2)3/h9-11H,4-8H2,1-3H3/t10-/m1/s1. The van der Waals surface area contributed by atoms with E-state index in [9.17, 15) is 0 Å². The molecule has 1 atom stereocenters. The number of hydrogen-bond acceptors (Lipinski definition) is 2. The molecule has 0 aromatic rings. The molecule has 1 N–H and O–H groups in total. The van der Waals surface area contributed by atoms with Gasteiger partial charge in [0.05, 0.1) is 6.61 Å². The van der Waals surface area contributed by atoms with Gasteiger partial charge in [-0.15, -0.1) is 0 Å². The van der Waals surface area contributed by atoms with Crippen molar-refractivity contribution in [1.29, 1.82) is 0 Å². The van der Waals surface area contributed by atoms with Gasteiger partial charge in [-0.3, -0.25) is 0 Å². The Bertz CT molecular complexity index is 91.8. The molecule has 2 nitrogen and oxygen atoms in total. The van der Waals surface area contributed by atoms with E-state index in [1.165, 1.54) is 6.42 Å². The maximum Gasteiger partial charge on any atom is 0.0518 e. The first kappa shape index (κ1) is 11.9. The molecule has 0 aliphatic heterocycles. The number of aliphatic hydroxyl groups excluding tert-OH is 1. The molecule has 0 saturated carbocycles. The van der Waals surface area contributed by atoms with Crippen LogP contribution in [0.15, 0.2) is 0 Å². The van der Waals surface area contributed by atoms with Crippen molar-refractivity contribution in [2.45, 2.75) is 33.6 Å². The predicted molar refractivity (Wildman–Crippen MR) is 51.1 cm³/mol. The van der Waals surface area contributed by atoms with Crippen LogP contribution in [-0.4, -0.2) is 24.9 Å². The summed E-state index contributed by atoms with van der Waals surface area (Å²) in [6.07, 6.45) is 2.29. The average Bonchev–Trinajstić information content (AvgIpc) is 2.04. The third-order valence-electron chi connectivity index (χ3n) is 2.15. The highest BCUT2D eigenvalue weighted by molar-refractivity contribution is 4.59. The maximum atomic E-state index is 8.97. The molecule has 0 rings (SSSR count). The molecule has 0 unspecified atom stereocenters. The lowest BCUT2D eigenvalue weighted by atomic mass is 9.98. The molecule has 0 heterocycles. The second-order valence-corrected chi connectivity index (χ2v) is 3.62. The third-order valence-corrected chi connectivity index (χ3v) is 2.15. The summed E-state index contributed by atoms with van der Waals surface area (Å²) in [5.41, 5.74) is 0. The Hall–Kier alpha value is -0.0800. The average molecular weight is 174 g/mol. The minimum absolute atomic E-state index is 0.240. The molecule has 0 aromatic heterocycles.